The fraction of sp³-hybridized carbons (Fsp3) is 0.429. The summed E-state index contributed by atoms with van der Waals surface area (Å²) in [6.45, 7) is 12.6. The molecule has 0 nitrogen and oxygen atoms in total. The molecule has 242 valence electrons. The van der Waals surface area contributed by atoms with Crippen LogP contribution in [0.2, 0.25) is 0 Å². The van der Waals surface area contributed by atoms with E-state index in [2.05, 4.69) is 100 Å². The third-order valence-corrected chi connectivity index (χ3v) is 6.39. The van der Waals surface area contributed by atoms with Crippen molar-refractivity contribution in [3.8, 4) is 22.3 Å². The molecule has 0 atom stereocenters. The molecule has 0 aromatic heterocycles. The maximum Gasteiger partial charge on any atom is -0.00133 e. The molecule has 0 heterocycles. The molecular weight excluding hydrogens is 504 g/mol. The lowest BCUT2D eigenvalue weighted by molar-refractivity contribution is 1.24. The van der Waals surface area contributed by atoms with E-state index in [9.17, 15) is 0 Å². The van der Waals surface area contributed by atoms with Crippen LogP contribution in [0, 0.1) is 27.7 Å². The van der Waals surface area contributed by atoms with E-state index in [0.29, 0.717) is 0 Å². The molecule has 4 aromatic carbocycles. The van der Waals surface area contributed by atoms with Crippen molar-refractivity contribution >= 4 is 0 Å². The Morgan fingerprint density at radius 1 is 0.310 bits per heavy atom. The van der Waals surface area contributed by atoms with Crippen molar-refractivity contribution in [1.82, 2.24) is 0 Å². The fourth-order valence-electron chi connectivity index (χ4n) is 4.94. The summed E-state index contributed by atoms with van der Waals surface area (Å²) in [5.41, 5.74) is 17.1. The Balaban J connectivity index is -0.0000000899. The van der Waals surface area contributed by atoms with Gasteiger partial charge in [0.15, 0.2) is 0 Å². The molecule has 0 heteroatoms. The van der Waals surface area contributed by atoms with Crippen LogP contribution in [0.25, 0.3) is 22.3 Å². The van der Waals surface area contributed by atoms with E-state index in [1.54, 1.807) is 0 Å². The first kappa shape index (κ1) is 54.9. The van der Waals surface area contributed by atoms with E-state index in [1.165, 1.54) is 66.8 Å². The third-order valence-electron chi connectivity index (χ3n) is 6.39. The van der Waals surface area contributed by atoms with Crippen LogP contribution in [0.1, 0.15) is 133 Å². The van der Waals surface area contributed by atoms with Gasteiger partial charge in [0.2, 0.25) is 0 Å². The predicted molar refractivity (Wildman–Crippen MR) is 207 cm³/mol. The molecule has 0 amide bonds. The van der Waals surface area contributed by atoms with Gasteiger partial charge in [0.05, 0.1) is 0 Å². The first-order valence-electron chi connectivity index (χ1n) is 11.9. The van der Waals surface area contributed by atoms with Crippen molar-refractivity contribution in [3.05, 3.63) is 117 Å². The van der Waals surface area contributed by atoms with Gasteiger partial charge in [-0.2, -0.15) is 0 Å². The lowest BCUT2D eigenvalue weighted by Gasteiger charge is -2.01. The Morgan fingerprint density at radius 2 is 0.476 bits per heavy atom. The van der Waals surface area contributed by atoms with Gasteiger partial charge in [-0.15, -0.1) is 0 Å². The molecule has 0 bridgehead atoms. The second-order valence-electron chi connectivity index (χ2n) is 9.00. The molecule has 0 fully saturated rings. The predicted octanol–water partition coefficient (Wildman–Crippen LogP) is 15.1. The SMILES string of the molecule is C.C.C.C.C.C.C.C.C.C.CC.Cc1ccc2c(c1)Cc1cc(C)ccc1-2.Cc1ccc2c(c1)Cc1cc(C)ccc1-2. The lowest BCUT2D eigenvalue weighted by Crippen LogP contribution is -1.81. The summed E-state index contributed by atoms with van der Waals surface area (Å²) < 4.78 is 0. The maximum absolute atomic E-state index is 2.31. The van der Waals surface area contributed by atoms with Crippen LogP contribution < -0.4 is 0 Å². The second-order valence-corrected chi connectivity index (χ2v) is 9.00. The Morgan fingerprint density at radius 3 is 0.643 bits per heavy atom. The molecular formula is C42H74. The van der Waals surface area contributed by atoms with Crippen LogP contribution in [0.4, 0.5) is 0 Å². The topological polar surface area (TPSA) is 0 Å². The van der Waals surface area contributed by atoms with Crippen molar-refractivity contribution in [1.29, 1.82) is 0 Å². The summed E-state index contributed by atoms with van der Waals surface area (Å²) in [4.78, 5) is 0. The molecule has 0 radical (unpaired) electrons. The Bertz CT molecular complexity index is 1070. The van der Waals surface area contributed by atoms with Gasteiger partial charge in [0.25, 0.3) is 0 Å². The van der Waals surface area contributed by atoms with E-state index in [0.717, 1.165) is 12.8 Å². The van der Waals surface area contributed by atoms with E-state index >= 15 is 0 Å². The van der Waals surface area contributed by atoms with Crippen LogP contribution in [0.15, 0.2) is 72.8 Å². The van der Waals surface area contributed by atoms with Gasteiger partial charge in [0.1, 0.15) is 0 Å². The van der Waals surface area contributed by atoms with Crippen molar-refractivity contribution in [2.75, 3.05) is 0 Å². The number of fused-ring (bicyclic) bond motifs is 6. The highest BCUT2D eigenvalue weighted by atomic mass is 14.2. The van der Waals surface area contributed by atoms with Gasteiger partial charge in [-0.25, -0.2) is 0 Å². The van der Waals surface area contributed by atoms with Crippen LogP contribution in [-0.2, 0) is 12.8 Å². The summed E-state index contributed by atoms with van der Waals surface area (Å²) in [6, 6.07) is 27.1. The average molecular weight is 579 g/mol. The fourth-order valence-corrected chi connectivity index (χ4v) is 4.94. The smallest absolute Gasteiger partial charge is 0.00133 e. The number of rotatable bonds is 0. The lowest BCUT2D eigenvalue weighted by atomic mass is 10.0. The molecule has 42 heavy (non-hydrogen) atoms. The zero-order valence-corrected chi connectivity index (χ0v) is 20.3. The van der Waals surface area contributed by atoms with E-state index in [4.69, 9.17) is 0 Å². The van der Waals surface area contributed by atoms with Gasteiger partial charge in [-0.05, 0) is 85.0 Å². The van der Waals surface area contributed by atoms with E-state index in [-0.39, 0.29) is 74.3 Å². The summed E-state index contributed by atoms with van der Waals surface area (Å²) in [7, 11) is 0. The van der Waals surface area contributed by atoms with Crippen molar-refractivity contribution in [3.63, 3.8) is 0 Å². The number of benzene rings is 4. The van der Waals surface area contributed by atoms with Crippen molar-refractivity contribution < 1.29 is 0 Å². The van der Waals surface area contributed by atoms with Gasteiger partial charge in [-0.3, -0.25) is 0 Å². The van der Waals surface area contributed by atoms with Gasteiger partial charge in [0, 0.05) is 0 Å². The summed E-state index contributed by atoms with van der Waals surface area (Å²) in [5, 5.41) is 0. The monoisotopic (exact) mass is 579 g/mol. The van der Waals surface area contributed by atoms with Crippen LogP contribution in [-0.4, -0.2) is 0 Å². The van der Waals surface area contributed by atoms with Gasteiger partial charge < -0.3 is 0 Å². The van der Waals surface area contributed by atoms with Gasteiger partial charge in [-0.1, -0.05) is 183 Å². The standard InChI is InChI=1S/2C15H14.C2H6.10CH4/c2*1-10-3-5-14-12(7-10)9-13-8-11(2)4-6-15(13)14;1-2;;;;;;;;;;/h2*3-8H,9H2,1-2H3;1-2H3;10*1H4. The summed E-state index contributed by atoms with van der Waals surface area (Å²) in [6.07, 6.45) is 2.21. The highest BCUT2D eigenvalue weighted by Gasteiger charge is 2.18. The van der Waals surface area contributed by atoms with Crippen LogP contribution in [0.5, 0.6) is 0 Å². The minimum atomic E-state index is 0. The summed E-state index contributed by atoms with van der Waals surface area (Å²) in [5.74, 6) is 0. The minimum absolute atomic E-state index is 0. The molecule has 4 aromatic rings. The Hall–Kier alpha value is -3.12. The largest absolute Gasteiger partial charge is 0.0776 e. The summed E-state index contributed by atoms with van der Waals surface area (Å²) >= 11 is 0. The number of hydrogen-bond donors (Lipinski definition) is 0. The zero-order chi connectivity index (χ0) is 22.8. The van der Waals surface area contributed by atoms with E-state index in [1.807, 2.05) is 13.8 Å². The normalized spacial score (nSPS) is 9.00. The second kappa shape index (κ2) is 23.4. The minimum Gasteiger partial charge on any atom is -0.0776 e. The molecule has 6 rings (SSSR count). The average Bonchev–Trinajstić information content (AvgIpc) is 3.30. The first-order valence-corrected chi connectivity index (χ1v) is 11.9. The number of hydrogen-bond acceptors (Lipinski definition) is 0. The molecule has 0 unspecified atom stereocenters. The maximum atomic E-state index is 2.31. The zero-order valence-electron chi connectivity index (χ0n) is 20.3. The number of aryl methyl sites for hydroxylation is 4. The van der Waals surface area contributed by atoms with E-state index < -0.39 is 0 Å². The first-order chi connectivity index (χ1) is 15.5. The Labute approximate surface area is 267 Å². The quantitative estimate of drug-likeness (QED) is 0.168. The molecule has 2 aliphatic carbocycles. The molecule has 0 aliphatic heterocycles. The molecule has 0 saturated heterocycles. The highest BCUT2D eigenvalue weighted by molar-refractivity contribution is 5.78. The van der Waals surface area contributed by atoms with Gasteiger partial charge >= 0.3 is 0 Å². The third kappa shape index (κ3) is 11.3. The molecule has 0 spiro atoms. The Kier molecular flexibility index (Phi) is 30.6. The molecule has 0 N–H and O–H groups in total. The van der Waals surface area contributed by atoms with Crippen molar-refractivity contribution in [2.24, 2.45) is 0 Å². The van der Waals surface area contributed by atoms with Crippen LogP contribution in [0.3, 0.4) is 0 Å². The van der Waals surface area contributed by atoms with Crippen molar-refractivity contribution in [2.45, 2.75) is 129 Å². The molecule has 2 aliphatic rings. The van der Waals surface area contributed by atoms with Crippen LogP contribution >= 0.6 is 0 Å². The highest BCUT2D eigenvalue weighted by Crippen LogP contribution is 2.38. The molecule has 0 saturated carbocycles.